The zero-order valence-corrected chi connectivity index (χ0v) is 24.8. The molecule has 1 N–H and O–H groups in total. The van der Waals surface area contributed by atoms with Crippen molar-refractivity contribution in [3.05, 3.63) is 155 Å². The highest BCUT2D eigenvalue weighted by Gasteiger charge is 2.31. The summed E-state index contributed by atoms with van der Waals surface area (Å²) in [5.74, 6) is 2.62. The maximum absolute atomic E-state index is 6.69. The lowest BCUT2D eigenvalue weighted by Crippen LogP contribution is -2.40. The molecule has 216 valence electrons. The molecule has 4 nitrogen and oxygen atoms in total. The average molecular weight is 582 g/mol. The smallest absolute Gasteiger partial charge is 0.159 e. The second kappa shape index (κ2) is 10.6. The third-order valence-corrected chi connectivity index (χ3v) is 9.26. The van der Waals surface area contributed by atoms with E-state index in [1.54, 1.807) is 0 Å². The monoisotopic (exact) mass is 581 g/mol. The predicted octanol–water partition coefficient (Wildman–Crippen LogP) is 9.36. The largest absolute Gasteiger partial charge is 0.460 e. The van der Waals surface area contributed by atoms with E-state index in [1.807, 2.05) is 6.07 Å². The molecule has 0 fully saturated rings. The molecule has 6 aromatic rings. The molecule has 0 bridgehead atoms. The van der Waals surface area contributed by atoms with Crippen molar-refractivity contribution in [2.24, 2.45) is 9.98 Å². The molecule has 0 saturated carbocycles. The second-order valence-electron chi connectivity index (χ2n) is 12.0. The summed E-state index contributed by atoms with van der Waals surface area (Å²) in [4.78, 5) is 10.5. The average Bonchev–Trinajstić information content (AvgIpc) is 3.51. The van der Waals surface area contributed by atoms with Gasteiger partial charge in [0.05, 0.1) is 0 Å². The molecule has 0 spiro atoms. The molecule has 3 aliphatic rings. The van der Waals surface area contributed by atoms with Crippen LogP contribution in [0.25, 0.3) is 44.5 Å². The van der Waals surface area contributed by atoms with Crippen LogP contribution in [0.2, 0.25) is 0 Å². The van der Waals surface area contributed by atoms with Crippen molar-refractivity contribution in [2.75, 3.05) is 0 Å². The number of rotatable bonds is 4. The van der Waals surface area contributed by atoms with Gasteiger partial charge in [-0.25, -0.2) is 9.98 Å². The Hall–Kier alpha value is -5.48. The van der Waals surface area contributed by atoms with E-state index in [-0.39, 0.29) is 6.17 Å². The van der Waals surface area contributed by atoms with Crippen molar-refractivity contribution in [1.29, 1.82) is 0 Å². The number of aliphatic imine (C=N–C) groups is 2. The van der Waals surface area contributed by atoms with Gasteiger partial charge in [0.2, 0.25) is 0 Å². The van der Waals surface area contributed by atoms with Gasteiger partial charge in [0.25, 0.3) is 0 Å². The maximum atomic E-state index is 6.69. The minimum absolute atomic E-state index is 0.317. The Morgan fingerprint density at radius 2 is 1.44 bits per heavy atom. The Morgan fingerprint density at radius 1 is 0.689 bits per heavy atom. The summed E-state index contributed by atoms with van der Waals surface area (Å²) in [6, 6.07) is 38.4. The van der Waals surface area contributed by atoms with Gasteiger partial charge in [-0.15, -0.1) is 0 Å². The fraction of sp³-hybridized carbons (Fsp3) is 0.122. The summed E-state index contributed by atoms with van der Waals surface area (Å²) in [5.41, 5.74) is 10.3. The standard InChI is InChI=1S/C41H31N3O/c1-3-13-26(14-4-1)30-21-11-22-33-37-34(23-12-24-36(37)45-38(30)33)40-42-39(27-15-5-2-6-16-27)43-41(44-40)35-25-28-17-7-8-18-29(28)31-19-9-10-20-32(31)35/h1-6,8-11,13-16,18-23,25,40H,7,12,17,24H2,(H,42,43,44). The first-order valence-electron chi connectivity index (χ1n) is 15.8. The molecule has 0 radical (unpaired) electrons. The van der Waals surface area contributed by atoms with Gasteiger partial charge < -0.3 is 9.73 Å². The molecule has 9 rings (SSSR count). The van der Waals surface area contributed by atoms with Crippen molar-refractivity contribution < 1.29 is 4.42 Å². The van der Waals surface area contributed by atoms with Gasteiger partial charge in [0.1, 0.15) is 23.3 Å². The Balaban J connectivity index is 1.21. The van der Waals surface area contributed by atoms with Crippen LogP contribution in [-0.2, 0) is 12.8 Å². The van der Waals surface area contributed by atoms with Gasteiger partial charge in [-0.05, 0) is 52.8 Å². The molecule has 2 aliphatic carbocycles. The van der Waals surface area contributed by atoms with E-state index in [2.05, 4.69) is 127 Å². The predicted molar refractivity (Wildman–Crippen MR) is 186 cm³/mol. The van der Waals surface area contributed by atoms with Gasteiger partial charge in [-0.1, -0.05) is 121 Å². The number of nitrogens with one attached hydrogen (secondary N) is 1. The highest BCUT2D eigenvalue weighted by Crippen LogP contribution is 2.42. The highest BCUT2D eigenvalue weighted by atomic mass is 16.3. The number of fused-ring (bicyclic) bond motifs is 6. The third kappa shape index (κ3) is 4.36. The summed E-state index contributed by atoms with van der Waals surface area (Å²) in [6.45, 7) is 0. The Labute approximate surface area is 262 Å². The SMILES string of the molecule is C1=Cc2c(cc(C3=NC(c4ccccc4)=NC(C4=CCCc5oc6c(-c7ccccc7)cccc6c54)N3)c3ccccc23)CC1. The maximum Gasteiger partial charge on any atom is 0.159 e. The summed E-state index contributed by atoms with van der Waals surface area (Å²) in [6.07, 6.45) is 10.4. The van der Waals surface area contributed by atoms with E-state index in [4.69, 9.17) is 14.4 Å². The van der Waals surface area contributed by atoms with Crippen molar-refractivity contribution >= 4 is 45.1 Å². The molecule has 0 amide bonds. The lowest BCUT2D eigenvalue weighted by Gasteiger charge is -2.28. The van der Waals surface area contributed by atoms with E-state index < -0.39 is 0 Å². The van der Waals surface area contributed by atoms with Crippen LogP contribution < -0.4 is 5.32 Å². The molecule has 1 aliphatic heterocycles. The van der Waals surface area contributed by atoms with Crippen LogP contribution in [0, 0.1) is 0 Å². The first-order valence-corrected chi connectivity index (χ1v) is 15.8. The van der Waals surface area contributed by atoms with E-state index in [1.165, 1.54) is 21.9 Å². The van der Waals surface area contributed by atoms with E-state index in [9.17, 15) is 0 Å². The summed E-state index contributed by atoms with van der Waals surface area (Å²) in [7, 11) is 0. The summed E-state index contributed by atoms with van der Waals surface area (Å²) >= 11 is 0. The van der Waals surface area contributed by atoms with E-state index in [0.29, 0.717) is 0 Å². The molecule has 1 unspecified atom stereocenters. The van der Waals surface area contributed by atoms with Gasteiger partial charge in [-0.3, -0.25) is 0 Å². The number of hydrogen-bond donors (Lipinski definition) is 1. The van der Waals surface area contributed by atoms with E-state index >= 15 is 0 Å². The van der Waals surface area contributed by atoms with Crippen LogP contribution in [0.5, 0.6) is 0 Å². The fourth-order valence-corrected chi connectivity index (χ4v) is 7.17. The molecular formula is C41H31N3O. The molecule has 4 heteroatoms. The molecule has 1 aromatic heterocycles. The normalized spacial score (nSPS) is 17.2. The van der Waals surface area contributed by atoms with Gasteiger partial charge >= 0.3 is 0 Å². The van der Waals surface area contributed by atoms with Crippen LogP contribution in [0.15, 0.2) is 136 Å². The number of amidine groups is 2. The second-order valence-corrected chi connectivity index (χ2v) is 12.0. The van der Waals surface area contributed by atoms with Crippen molar-refractivity contribution in [3.63, 3.8) is 0 Å². The molecule has 0 saturated heterocycles. The number of para-hydroxylation sites is 1. The van der Waals surface area contributed by atoms with Crippen molar-refractivity contribution in [2.45, 2.75) is 31.8 Å². The van der Waals surface area contributed by atoms with Crippen molar-refractivity contribution in [1.82, 2.24) is 5.32 Å². The van der Waals surface area contributed by atoms with E-state index in [0.717, 1.165) is 87.5 Å². The lowest BCUT2D eigenvalue weighted by atomic mass is 9.88. The zero-order valence-electron chi connectivity index (χ0n) is 24.8. The first-order chi connectivity index (χ1) is 22.3. The topological polar surface area (TPSA) is 49.9 Å². The van der Waals surface area contributed by atoms with Crippen LogP contribution in [0.1, 0.15) is 46.4 Å². The van der Waals surface area contributed by atoms with Crippen LogP contribution in [0.3, 0.4) is 0 Å². The lowest BCUT2D eigenvalue weighted by molar-refractivity contribution is 0.544. The van der Waals surface area contributed by atoms with Crippen LogP contribution in [-0.4, -0.2) is 17.8 Å². The quantitative estimate of drug-likeness (QED) is 0.225. The van der Waals surface area contributed by atoms with Gasteiger partial charge in [0, 0.05) is 39.6 Å². The van der Waals surface area contributed by atoms with Crippen LogP contribution >= 0.6 is 0 Å². The van der Waals surface area contributed by atoms with Gasteiger partial charge in [0.15, 0.2) is 5.84 Å². The third-order valence-electron chi connectivity index (χ3n) is 9.26. The fourth-order valence-electron chi connectivity index (χ4n) is 7.17. The number of nitrogens with zero attached hydrogens (tertiary/aromatic N) is 2. The zero-order chi connectivity index (χ0) is 29.7. The first kappa shape index (κ1) is 26.0. The van der Waals surface area contributed by atoms with Crippen LogP contribution in [0.4, 0.5) is 0 Å². The molecule has 1 atom stereocenters. The molecule has 2 heterocycles. The Morgan fingerprint density at radius 3 is 2.29 bits per heavy atom. The summed E-state index contributed by atoms with van der Waals surface area (Å²) < 4.78 is 6.69. The number of hydrogen-bond acceptors (Lipinski definition) is 4. The number of benzene rings is 5. The molecular weight excluding hydrogens is 550 g/mol. The minimum atomic E-state index is -0.317. The summed E-state index contributed by atoms with van der Waals surface area (Å²) in [5, 5.41) is 7.40. The molecule has 5 aromatic carbocycles. The Kier molecular flexibility index (Phi) is 6.12. The van der Waals surface area contributed by atoms with Crippen molar-refractivity contribution in [3.8, 4) is 11.1 Å². The minimum Gasteiger partial charge on any atom is -0.460 e. The number of furan rings is 1. The number of allylic oxidation sites excluding steroid dienone is 2. The highest BCUT2D eigenvalue weighted by molar-refractivity contribution is 6.19. The van der Waals surface area contributed by atoms with Gasteiger partial charge in [-0.2, -0.15) is 0 Å². The number of aryl methyl sites for hydroxylation is 2. The molecule has 45 heavy (non-hydrogen) atoms. The Bertz CT molecular complexity index is 2240.